The van der Waals surface area contributed by atoms with Crippen LogP contribution in [0.3, 0.4) is 0 Å². The monoisotopic (exact) mass is 374 g/mol. The van der Waals surface area contributed by atoms with E-state index in [1.165, 1.54) is 0 Å². The normalized spacial score (nSPS) is 18.1. The third kappa shape index (κ3) is 3.18. The minimum atomic E-state index is -3.42. The number of nitrogens with zero attached hydrogens (tertiary/aromatic N) is 2. The predicted octanol–water partition coefficient (Wildman–Crippen LogP) is 2.70. The lowest BCUT2D eigenvalue weighted by Crippen LogP contribution is -2.48. The summed E-state index contributed by atoms with van der Waals surface area (Å²) in [5, 5.41) is 0. The first-order valence-corrected chi connectivity index (χ1v) is 9.51. The molecule has 1 heterocycles. The Morgan fingerprint density at radius 1 is 1.10 bits per heavy atom. The Bertz CT molecular complexity index is 609. The van der Waals surface area contributed by atoms with E-state index in [2.05, 4.69) is 27.8 Å². The molecule has 0 N–H and O–H groups in total. The summed E-state index contributed by atoms with van der Waals surface area (Å²) in [5.74, 6) is 0. The van der Waals surface area contributed by atoms with E-state index in [-0.39, 0.29) is 0 Å². The second kappa shape index (κ2) is 6.36. The zero-order valence-electron chi connectivity index (χ0n) is 13.1. The summed E-state index contributed by atoms with van der Waals surface area (Å²) in [6, 6.07) is 1.98. The second-order valence-electron chi connectivity index (χ2n) is 5.59. The average molecular weight is 375 g/mol. The molecule has 2 rings (SSSR count). The molecule has 0 aromatic heterocycles. The van der Waals surface area contributed by atoms with Gasteiger partial charge in [-0.3, -0.25) is 0 Å². The van der Waals surface area contributed by atoms with Crippen LogP contribution in [0.4, 0.5) is 0 Å². The maximum Gasteiger partial charge on any atom is 0.243 e. The topological polar surface area (TPSA) is 40.6 Å². The molecule has 0 saturated carbocycles. The Hall–Kier alpha value is -0.430. The van der Waals surface area contributed by atoms with Gasteiger partial charge < -0.3 is 4.90 Å². The zero-order chi connectivity index (χ0) is 15.8. The van der Waals surface area contributed by atoms with Gasteiger partial charge in [-0.15, -0.1) is 0 Å². The van der Waals surface area contributed by atoms with Gasteiger partial charge in [-0.05, 0) is 50.1 Å². The SMILES string of the molecule is CCN1CCN(S(=O)(=O)c2c(C)c(C)cc(Br)c2C)CC1. The molecule has 1 fully saturated rings. The van der Waals surface area contributed by atoms with Crippen LogP contribution in [-0.2, 0) is 10.0 Å². The van der Waals surface area contributed by atoms with Gasteiger partial charge >= 0.3 is 0 Å². The van der Waals surface area contributed by atoms with E-state index in [9.17, 15) is 8.42 Å². The summed E-state index contributed by atoms with van der Waals surface area (Å²) < 4.78 is 28.5. The zero-order valence-corrected chi connectivity index (χ0v) is 15.5. The highest BCUT2D eigenvalue weighted by Gasteiger charge is 2.31. The molecule has 0 aliphatic carbocycles. The van der Waals surface area contributed by atoms with Crippen molar-refractivity contribution in [1.29, 1.82) is 0 Å². The fourth-order valence-corrected chi connectivity index (χ4v) is 5.40. The second-order valence-corrected chi connectivity index (χ2v) is 8.32. The largest absolute Gasteiger partial charge is 0.301 e. The van der Waals surface area contributed by atoms with Gasteiger partial charge in [-0.25, -0.2) is 8.42 Å². The van der Waals surface area contributed by atoms with Crippen LogP contribution in [0, 0.1) is 20.8 Å². The van der Waals surface area contributed by atoms with Crippen LogP contribution in [0.15, 0.2) is 15.4 Å². The Kier molecular flexibility index (Phi) is 5.13. The molecule has 0 amide bonds. The number of aryl methyl sites for hydroxylation is 1. The van der Waals surface area contributed by atoms with E-state index in [0.29, 0.717) is 18.0 Å². The lowest BCUT2D eigenvalue weighted by atomic mass is 10.1. The summed E-state index contributed by atoms with van der Waals surface area (Å²) in [7, 11) is -3.42. The average Bonchev–Trinajstić information content (AvgIpc) is 2.45. The first-order chi connectivity index (χ1) is 9.78. The number of benzene rings is 1. The summed E-state index contributed by atoms with van der Waals surface area (Å²) in [6.45, 7) is 11.5. The van der Waals surface area contributed by atoms with Crippen LogP contribution in [0.5, 0.6) is 0 Å². The molecule has 21 heavy (non-hydrogen) atoms. The third-order valence-corrected chi connectivity index (χ3v) is 7.35. The van der Waals surface area contributed by atoms with Crippen LogP contribution >= 0.6 is 15.9 Å². The van der Waals surface area contributed by atoms with Crippen LogP contribution in [0.1, 0.15) is 23.6 Å². The van der Waals surface area contributed by atoms with Crippen molar-refractivity contribution < 1.29 is 8.42 Å². The lowest BCUT2D eigenvalue weighted by molar-refractivity contribution is 0.196. The van der Waals surface area contributed by atoms with E-state index in [1.807, 2.05) is 26.8 Å². The summed E-state index contributed by atoms with van der Waals surface area (Å²) >= 11 is 3.48. The van der Waals surface area contributed by atoms with Crippen molar-refractivity contribution in [3.8, 4) is 0 Å². The van der Waals surface area contributed by atoms with E-state index >= 15 is 0 Å². The highest BCUT2D eigenvalue weighted by atomic mass is 79.9. The van der Waals surface area contributed by atoms with Gasteiger partial charge in [0.2, 0.25) is 10.0 Å². The standard InChI is InChI=1S/C15H23BrN2O2S/c1-5-17-6-8-18(9-7-17)21(19,20)15-12(3)11(2)10-14(16)13(15)4/h10H,5-9H2,1-4H3. The first-order valence-electron chi connectivity index (χ1n) is 7.27. The van der Waals surface area contributed by atoms with Gasteiger partial charge in [0.05, 0.1) is 4.90 Å². The number of likely N-dealkylation sites (N-methyl/N-ethyl adjacent to an activating group) is 1. The van der Waals surface area contributed by atoms with E-state index < -0.39 is 10.0 Å². The highest BCUT2D eigenvalue weighted by molar-refractivity contribution is 9.10. The van der Waals surface area contributed by atoms with Gasteiger partial charge in [0.1, 0.15) is 0 Å². The molecule has 6 heteroatoms. The number of sulfonamides is 1. The molecule has 1 aromatic rings. The number of piperazine rings is 1. The number of hydrogen-bond donors (Lipinski definition) is 0. The van der Waals surface area contributed by atoms with Crippen molar-refractivity contribution in [2.75, 3.05) is 32.7 Å². The molecule has 0 bridgehead atoms. The number of halogens is 1. The van der Waals surface area contributed by atoms with Crippen molar-refractivity contribution in [2.45, 2.75) is 32.6 Å². The minimum Gasteiger partial charge on any atom is -0.301 e. The Morgan fingerprint density at radius 2 is 1.67 bits per heavy atom. The minimum absolute atomic E-state index is 0.472. The quantitative estimate of drug-likeness (QED) is 0.816. The van der Waals surface area contributed by atoms with E-state index in [1.54, 1.807) is 4.31 Å². The molecule has 1 aromatic carbocycles. The fourth-order valence-electron chi connectivity index (χ4n) is 2.78. The number of hydrogen-bond acceptors (Lipinski definition) is 3. The fraction of sp³-hybridized carbons (Fsp3) is 0.600. The molecule has 1 aliphatic heterocycles. The first kappa shape index (κ1) is 16.9. The Labute approximate surface area is 136 Å². The third-order valence-electron chi connectivity index (χ3n) is 4.35. The van der Waals surface area contributed by atoms with Crippen molar-refractivity contribution in [3.63, 3.8) is 0 Å². The highest BCUT2D eigenvalue weighted by Crippen LogP contribution is 2.32. The van der Waals surface area contributed by atoms with Gasteiger partial charge in [0.25, 0.3) is 0 Å². The van der Waals surface area contributed by atoms with Crippen molar-refractivity contribution >= 4 is 26.0 Å². The molecule has 118 valence electrons. The molecule has 0 radical (unpaired) electrons. The molecule has 1 saturated heterocycles. The maximum absolute atomic E-state index is 13.0. The van der Waals surface area contributed by atoms with Crippen molar-refractivity contribution in [3.05, 3.63) is 27.2 Å². The molecule has 0 spiro atoms. The van der Waals surface area contributed by atoms with Crippen LogP contribution in [-0.4, -0.2) is 50.3 Å². The number of rotatable bonds is 3. The van der Waals surface area contributed by atoms with Crippen LogP contribution in [0.25, 0.3) is 0 Å². The summed E-state index contributed by atoms with van der Waals surface area (Å²) in [4.78, 5) is 2.75. The molecular formula is C15H23BrN2O2S. The van der Waals surface area contributed by atoms with Gasteiger partial charge in [-0.1, -0.05) is 22.9 Å². The Balaban J connectivity index is 2.42. The maximum atomic E-state index is 13.0. The smallest absolute Gasteiger partial charge is 0.243 e. The summed E-state index contributed by atoms with van der Waals surface area (Å²) in [6.07, 6.45) is 0. The van der Waals surface area contributed by atoms with Gasteiger partial charge in [0, 0.05) is 30.7 Å². The van der Waals surface area contributed by atoms with Crippen LogP contribution in [0.2, 0.25) is 0 Å². The van der Waals surface area contributed by atoms with Crippen molar-refractivity contribution in [1.82, 2.24) is 9.21 Å². The predicted molar refractivity (Wildman–Crippen MR) is 89.2 cm³/mol. The van der Waals surface area contributed by atoms with E-state index in [0.717, 1.165) is 40.8 Å². The summed E-state index contributed by atoms with van der Waals surface area (Å²) in [5.41, 5.74) is 2.66. The molecular weight excluding hydrogens is 352 g/mol. The lowest BCUT2D eigenvalue weighted by Gasteiger charge is -2.34. The van der Waals surface area contributed by atoms with Crippen LogP contribution < -0.4 is 0 Å². The molecule has 4 nitrogen and oxygen atoms in total. The van der Waals surface area contributed by atoms with Gasteiger partial charge in [-0.2, -0.15) is 4.31 Å². The molecule has 0 unspecified atom stereocenters. The Morgan fingerprint density at radius 3 is 2.19 bits per heavy atom. The van der Waals surface area contributed by atoms with E-state index in [4.69, 9.17) is 0 Å². The molecule has 1 aliphatic rings. The molecule has 0 atom stereocenters. The van der Waals surface area contributed by atoms with Crippen molar-refractivity contribution in [2.24, 2.45) is 0 Å². The van der Waals surface area contributed by atoms with Gasteiger partial charge in [0.15, 0.2) is 0 Å².